The number of nitrogens with zero attached hydrogens (tertiary/aromatic N) is 1. The largest absolute Gasteiger partial charge is 0.496 e. The van der Waals surface area contributed by atoms with Crippen LogP contribution in [0.4, 0.5) is 0 Å². The third-order valence-electron chi connectivity index (χ3n) is 4.90. The summed E-state index contributed by atoms with van der Waals surface area (Å²) in [5, 5.41) is 0. The van der Waals surface area contributed by atoms with Crippen molar-refractivity contribution in [2.45, 2.75) is 44.8 Å². The van der Waals surface area contributed by atoms with Gasteiger partial charge >= 0.3 is 5.97 Å². The van der Waals surface area contributed by atoms with Crippen molar-refractivity contribution in [2.24, 2.45) is 0 Å². The van der Waals surface area contributed by atoms with Crippen LogP contribution in [0.3, 0.4) is 0 Å². The Morgan fingerprint density at radius 1 is 1.37 bits per heavy atom. The van der Waals surface area contributed by atoms with Gasteiger partial charge in [-0.2, -0.15) is 0 Å². The quantitative estimate of drug-likeness (QED) is 0.520. The summed E-state index contributed by atoms with van der Waals surface area (Å²) in [4.78, 5) is 26.7. The number of hydrogen-bond acceptors (Lipinski definition) is 5. The molecule has 1 aromatic carbocycles. The summed E-state index contributed by atoms with van der Waals surface area (Å²) in [5.74, 6) is 0.202. The van der Waals surface area contributed by atoms with E-state index in [-0.39, 0.29) is 30.4 Å². The summed E-state index contributed by atoms with van der Waals surface area (Å²) in [6, 6.07) is 5.47. The number of esters is 1. The summed E-state index contributed by atoms with van der Waals surface area (Å²) < 4.78 is 17.4. The normalized spacial score (nSPS) is 23.6. The van der Waals surface area contributed by atoms with Crippen molar-refractivity contribution in [3.63, 3.8) is 0 Å². The van der Waals surface area contributed by atoms with Crippen molar-refractivity contribution >= 4 is 33.9 Å². The number of carbonyl (C=O) groups excluding carboxylic acids is 2. The van der Waals surface area contributed by atoms with Crippen LogP contribution in [-0.2, 0) is 19.1 Å². The fourth-order valence-corrected chi connectivity index (χ4v) is 4.05. The van der Waals surface area contributed by atoms with Crippen LogP contribution in [0.25, 0.3) is 6.08 Å². The topological polar surface area (TPSA) is 65.1 Å². The van der Waals surface area contributed by atoms with E-state index in [1.54, 1.807) is 25.0 Å². The molecule has 1 saturated heterocycles. The maximum Gasteiger partial charge on any atom is 0.325 e. The standard InChI is InChI=1S/C20H24BrNO5/c1-3-26-19(23)12-22-15-6-4-5-7-17(15)27-18(20(22)24)11-13-10-14(21)8-9-16(13)25-2/h8-11,15,17H,3-7,12H2,1-2H3/b18-11+. The molecule has 2 unspecified atom stereocenters. The van der Waals surface area contributed by atoms with E-state index in [1.165, 1.54) is 0 Å². The number of fused-ring (bicyclic) bond motifs is 1. The van der Waals surface area contributed by atoms with E-state index in [0.29, 0.717) is 12.4 Å². The fraction of sp³-hybridized carbons (Fsp3) is 0.500. The predicted molar refractivity (Wildman–Crippen MR) is 104 cm³/mol. The van der Waals surface area contributed by atoms with Crippen molar-refractivity contribution in [3.05, 3.63) is 34.0 Å². The molecule has 1 aliphatic heterocycles. The summed E-state index contributed by atoms with van der Waals surface area (Å²) in [6.45, 7) is 2.00. The Balaban J connectivity index is 1.92. The minimum Gasteiger partial charge on any atom is -0.496 e. The van der Waals surface area contributed by atoms with Gasteiger partial charge in [0.1, 0.15) is 18.4 Å². The van der Waals surface area contributed by atoms with Crippen LogP contribution in [0.2, 0.25) is 0 Å². The molecule has 0 spiro atoms. The zero-order valence-electron chi connectivity index (χ0n) is 15.6. The number of ether oxygens (including phenoxy) is 3. The summed E-state index contributed by atoms with van der Waals surface area (Å²) in [5.41, 5.74) is 0.737. The van der Waals surface area contributed by atoms with Gasteiger partial charge in [0.25, 0.3) is 5.91 Å². The maximum atomic E-state index is 13.1. The smallest absolute Gasteiger partial charge is 0.325 e. The molecule has 2 fully saturated rings. The van der Waals surface area contributed by atoms with E-state index in [4.69, 9.17) is 14.2 Å². The zero-order chi connectivity index (χ0) is 19.4. The average molecular weight is 438 g/mol. The molecule has 6 nitrogen and oxygen atoms in total. The van der Waals surface area contributed by atoms with Crippen LogP contribution in [0.5, 0.6) is 5.75 Å². The SMILES string of the molecule is CCOC(=O)CN1C(=O)/C(=C\c2cc(Br)ccc2OC)OC2CCCCC21. The first-order chi connectivity index (χ1) is 13.0. The lowest BCUT2D eigenvalue weighted by atomic mass is 9.89. The van der Waals surface area contributed by atoms with Gasteiger partial charge < -0.3 is 19.1 Å². The van der Waals surface area contributed by atoms with Crippen molar-refractivity contribution in [3.8, 4) is 5.75 Å². The first-order valence-corrected chi connectivity index (χ1v) is 10.0. The average Bonchev–Trinajstić information content (AvgIpc) is 2.65. The van der Waals surface area contributed by atoms with Gasteiger partial charge in [0.15, 0.2) is 5.76 Å². The molecule has 0 aromatic heterocycles. The Hall–Kier alpha value is -2.02. The molecule has 2 aliphatic rings. The number of hydrogen-bond donors (Lipinski definition) is 0. The summed E-state index contributed by atoms with van der Waals surface area (Å²) in [7, 11) is 1.58. The second-order valence-corrected chi connectivity index (χ2v) is 7.56. The Morgan fingerprint density at radius 2 is 2.15 bits per heavy atom. The highest BCUT2D eigenvalue weighted by Crippen LogP contribution is 2.34. The van der Waals surface area contributed by atoms with Gasteiger partial charge in [-0.05, 0) is 50.5 Å². The molecule has 27 heavy (non-hydrogen) atoms. The third kappa shape index (κ3) is 4.46. The van der Waals surface area contributed by atoms with E-state index >= 15 is 0 Å². The molecule has 1 aromatic rings. The molecule has 1 aliphatic carbocycles. The monoisotopic (exact) mass is 437 g/mol. The Morgan fingerprint density at radius 3 is 2.89 bits per heavy atom. The minimum absolute atomic E-state index is 0.0514. The second kappa shape index (κ2) is 8.78. The molecule has 2 atom stereocenters. The van der Waals surface area contributed by atoms with Gasteiger partial charge in [-0.1, -0.05) is 22.4 Å². The van der Waals surface area contributed by atoms with Gasteiger partial charge in [-0.3, -0.25) is 9.59 Å². The fourth-order valence-electron chi connectivity index (χ4n) is 3.67. The Labute approximate surface area is 167 Å². The highest BCUT2D eigenvalue weighted by atomic mass is 79.9. The molecule has 7 heteroatoms. The van der Waals surface area contributed by atoms with E-state index in [0.717, 1.165) is 35.7 Å². The minimum atomic E-state index is -0.392. The zero-order valence-corrected chi connectivity index (χ0v) is 17.2. The van der Waals surface area contributed by atoms with Gasteiger partial charge in [-0.15, -0.1) is 0 Å². The van der Waals surface area contributed by atoms with Crippen molar-refractivity contribution in [1.82, 2.24) is 4.90 Å². The molecule has 0 radical (unpaired) electrons. The molecule has 0 N–H and O–H groups in total. The van der Waals surface area contributed by atoms with Crippen LogP contribution >= 0.6 is 15.9 Å². The number of amides is 1. The molecule has 146 valence electrons. The summed E-state index contributed by atoms with van der Waals surface area (Å²) >= 11 is 3.44. The lowest BCUT2D eigenvalue weighted by Crippen LogP contribution is -2.56. The molecule has 3 rings (SSSR count). The van der Waals surface area contributed by atoms with Crippen LogP contribution in [0.15, 0.2) is 28.4 Å². The van der Waals surface area contributed by atoms with Crippen LogP contribution in [-0.4, -0.2) is 49.2 Å². The van der Waals surface area contributed by atoms with Crippen LogP contribution in [0.1, 0.15) is 38.2 Å². The Bertz CT molecular complexity index is 748. The van der Waals surface area contributed by atoms with E-state index in [9.17, 15) is 9.59 Å². The number of methoxy groups -OCH3 is 1. The highest BCUT2D eigenvalue weighted by Gasteiger charge is 2.42. The number of halogens is 1. The molecule has 1 saturated carbocycles. The molecular formula is C20H24BrNO5. The lowest BCUT2D eigenvalue weighted by Gasteiger charge is -2.44. The number of morpholine rings is 1. The van der Waals surface area contributed by atoms with Crippen molar-refractivity contribution in [1.29, 1.82) is 0 Å². The van der Waals surface area contributed by atoms with Gasteiger partial charge in [0, 0.05) is 10.0 Å². The summed E-state index contributed by atoms with van der Waals surface area (Å²) in [6.07, 6.45) is 5.36. The van der Waals surface area contributed by atoms with Gasteiger partial charge in [0.05, 0.1) is 19.8 Å². The van der Waals surface area contributed by atoms with E-state index in [1.807, 2.05) is 18.2 Å². The lowest BCUT2D eigenvalue weighted by molar-refractivity contribution is -0.159. The van der Waals surface area contributed by atoms with E-state index < -0.39 is 5.97 Å². The highest BCUT2D eigenvalue weighted by molar-refractivity contribution is 9.10. The third-order valence-corrected chi connectivity index (χ3v) is 5.39. The number of carbonyl (C=O) groups is 2. The van der Waals surface area contributed by atoms with Gasteiger partial charge in [-0.25, -0.2) is 0 Å². The number of rotatable bonds is 5. The van der Waals surface area contributed by atoms with Crippen molar-refractivity contribution < 1.29 is 23.8 Å². The molecule has 0 bridgehead atoms. The maximum absolute atomic E-state index is 13.1. The number of benzene rings is 1. The molecule has 1 amide bonds. The Kier molecular flexibility index (Phi) is 6.42. The van der Waals surface area contributed by atoms with Crippen LogP contribution < -0.4 is 4.74 Å². The predicted octanol–water partition coefficient (Wildman–Crippen LogP) is 3.53. The molecular weight excluding hydrogens is 414 g/mol. The van der Waals surface area contributed by atoms with E-state index in [2.05, 4.69) is 15.9 Å². The van der Waals surface area contributed by atoms with Crippen molar-refractivity contribution in [2.75, 3.05) is 20.3 Å². The van der Waals surface area contributed by atoms with Gasteiger partial charge in [0.2, 0.25) is 0 Å². The molecule has 1 heterocycles. The first-order valence-electron chi connectivity index (χ1n) is 9.22. The first kappa shape index (κ1) is 19.7. The van der Waals surface area contributed by atoms with Crippen LogP contribution in [0, 0.1) is 0 Å². The second-order valence-electron chi connectivity index (χ2n) is 6.64.